The topological polar surface area (TPSA) is 96.0 Å². The van der Waals surface area contributed by atoms with Gasteiger partial charge >= 0.3 is 0 Å². The van der Waals surface area contributed by atoms with Crippen LogP contribution in [0.4, 0.5) is 0 Å². The van der Waals surface area contributed by atoms with Crippen LogP contribution in [0.5, 0.6) is 0 Å². The van der Waals surface area contributed by atoms with Crippen LogP contribution in [-0.2, 0) is 33.4 Å². The van der Waals surface area contributed by atoms with Gasteiger partial charge in [0.2, 0.25) is 0 Å². The first-order valence-electron chi connectivity index (χ1n) is 6.87. The number of unbranched alkanes of at least 4 members (excludes halogenated alkanes) is 2. The Morgan fingerprint density at radius 3 is 1.45 bits per heavy atom. The van der Waals surface area contributed by atoms with Crippen molar-refractivity contribution in [3.8, 4) is 0 Å². The van der Waals surface area contributed by atoms with Crippen LogP contribution >= 0.6 is 0 Å². The van der Waals surface area contributed by atoms with Gasteiger partial charge in [-0.3, -0.25) is 14.4 Å². The van der Waals surface area contributed by atoms with Gasteiger partial charge in [0.05, 0.1) is 13.7 Å². The van der Waals surface area contributed by atoms with E-state index in [9.17, 15) is 14.4 Å². The van der Waals surface area contributed by atoms with Crippen molar-refractivity contribution in [3.63, 3.8) is 0 Å². The lowest BCUT2D eigenvalue weighted by Crippen LogP contribution is -2.17. The molecule has 0 fully saturated rings. The SMILES string of the molecule is CC(C)(C)OC=O.CCCCC=O.CCOC=O.COC=O. The minimum Gasteiger partial charge on any atom is -0.471 e. The number of ether oxygens (including phenoxy) is 3. The van der Waals surface area contributed by atoms with Crippen molar-refractivity contribution in [1.82, 2.24) is 0 Å². The molecule has 0 aromatic heterocycles. The van der Waals surface area contributed by atoms with Gasteiger partial charge in [-0.25, -0.2) is 0 Å². The van der Waals surface area contributed by atoms with E-state index >= 15 is 0 Å². The maximum absolute atomic E-state index is 9.60. The van der Waals surface area contributed by atoms with Crippen molar-refractivity contribution >= 4 is 25.7 Å². The Hall–Kier alpha value is -1.92. The molecule has 0 aliphatic rings. The number of hydrogen-bond donors (Lipinski definition) is 0. The molecule has 0 saturated carbocycles. The van der Waals surface area contributed by atoms with E-state index in [0.717, 1.165) is 25.5 Å². The maximum atomic E-state index is 9.60. The van der Waals surface area contributed by atoms with Gasteiger partial charge in [0, 0.05) is 6.42 Å². The largest absolute Gasteiger partial charge is 0.471 e. The Morgan fingerprint density at radius 2 is 1.41 bits per heavy atom. The normalized spacial score (nSPS) is 8.09. The minimum absolute atomic E-state index is 0.318. The van der Waals surface area contributed by atoms with Crippen molar-refractivity contribution in [3.05, 3.63) is 0 Å². The van der Waals surface area contributed by atoms with Crippen LogP contribution in [0.1, 0.15) is 53.9 Å². The third-order valence-electron chi connectivity index (χ3n) is 1.41. The Kier molecular flexibility index (Phi) is 35.2. The van der Waals surface area contributed by atoms with Gasteiger partial charge in [0.15, 0.2) is 0 Å². The Morgan fingerprint density at radius 1 is 0.909 bits per heavy atom. The van der Waals surface area contributed by atoms with E-state index in [1.54, 1.807) is 6.92 Å². The lowest BCUT2D eigenvalue weighted by Gasteiger charge is -2.14. The second-order valence-corrected chi connectivity index (χ2v) is 4.52. The third-order valence-corrected chi connectivity index (χ3v) is 1.41. The summed E-state index contributed by atoms with van der Waals surface area (Å²) >= 11 is 0. The molecule has 0 atom stereocenters. The number of carbonyl (C=O) groups is 4. The first-order valence-corrected chi connectivity index (χ1v) is 6.87. The molecule has 0 aliphatic carbocycles. The van der Waals surface area contributed by atoms with Crippen LogP contribution in [0.25, 0.3) is 0 Å². The summed E-state index contributed by atoms with van der Waals surface area (Å²) in [7, 11) is 1.31. The maximum Gasteiger partial charge on any atom is 0.293 e. The van der Waals surface area contributed by atoms with E-state index in [0.29, 0.717) is 26.0 Å². The van der Waals surface area contributed by atoms with Gasteiger partial charge in [-0.05, 0) is 34.1 Å². The smallest absolute Gasteiger partial charge is 0.293 e. The fraction of sp³-hybridized carbons (Fsp3) is 0.733. The highest BCUT2D eigenvalue weighted by Gasteiger charge is 2.07. The lowest BCUT2D eigenvalue weighted by molar-refractivity contribution is -0.138. The average Bonchev–Trinajstić information content (AvgIpc) is 2.46. The molecule has 0 aromatic carbocycles. The summed E-state index contributed by atoms with van der Waals surface area (Å²) in [6.45, 7) is 11.0. The second kappa shape index (κ2) is 27.4. The van der Waals surface area contributed by atoms with Crippen LogP contribution in [-0.4, -0.2) is 45.0 Å². The number of carbonyl (C=O) groups excluding carboxylic acids is 4. The summed E-state index contributed by atoms with van der Waals surface area (Å²) in [5.41, 5.74) is -0.318. The molecule has 7 heteroatoms. The van der Waals surface area contributed by atoms with Crippen LogP contribution < -0.4 is 0 Å². The fourth-order valence-electron chi connectivity index (χ4n) is 0.500. The molecule has 0 rings (SSSR count). The summed E-state index contributed by atoms with van der Waals surface area (Å²) in [4.78, 5) is 37.3. The fourth-order valence-corrected chi connectivity index (χ4v) is 0.500. The Balaban J connectivity index is -0.000000100. The summed E-state index contributed by atoms with van der Waals surface area (Å²) in [5, 5.41) is 0. The molecule has 0 unspecified atom stereocenters. The molecule has 7 nitrogen and oxygen atoms in total. The average molecular weight is 322 g/mol. The molecule has 0 heterocycles. The molecular weight excluding hydrogens is 292 g/mol. The molecule has 0 amide bonds. The van der Waals surface area contributed by atoms with Crippen molar-refractivity contribution in [2.75, 3.05) is 13.7 Å². The standard InChI is InChI=1S/C5H10O2.C5H10O.C3H6O2.C2H4O2/c1-5(2,3)7-4-6;1-2-3-4-5-6;1-2-5-3-4;1-4-2-3/h4H,1-3H3;5H,2-4H2,1H3;3H,2H2,1H3;2H,1H3. The number of methoxy groups -OCH3 is 1. The molecule has 0 aliphatic heterocycles. The number of aldehydes is 1. The molecule has 0 bridgehead atoms. The van der Waals surface area contributed by atoms with Crippen molar-refractivity contribution in [1.29, 1.82) is 0 Å². The van der Waals surface area contributed by atoms with Crippen LogP contribution in [0, 0.1) is 0 Å². The monoisotopic (exact) mass is 322 g/mol. The van der Waals surface area contributed by atoms with Crippen molar-refractivity contribution in [2.45, 2.75) is 59.5 Å². The number of hydrogen-bond acceptors (Lipinski definition) is 7. The highest BCUT2D eigenvalue weighted by Crippen LogP contribution is 2.02. The highest BCUT2D eigenvalue weighted by molar-refractivity contribution is 5.48. The molecule has 22 heavy (non-hydrogen) atoms. The molecule has 0 radical (unpaired) electrons. The van der Waals surface area contributed by atoms with Crippen LogP contribution in [0.15, 0.2) is 0 Å². The van der Waals surface area contributed by atoms with Gasteiger partial charge in [-0.15, -0.1) is 0 Å². The van der Waals surface area contributed by atoms with Gasteiger partial charge in [-0.1, -0.05) is 13.3 Å². The highest BCUT2D eigenvalue weighted by atomic mass is 16.5. The molecular formula is C15H30O7. The van der Waals surface area contributed by atoms with Crippen molar-refractivity contribution < 1.29 is 33.4 Å². The Bertz CT molecular complexity index is 235. The summed E-state index contributed by atoms with van der Waals surface area (Å²) in [5.74, 6) is 0. The van der Waals surface area contributed by atoms with Gasteiger partial charge in [0.25, 0.3) is 19.4 Å². The quantitative estimate of drug-likeness (QED) is 0.403. The molecule has 0 saturated heterocycles. The third kappa shape index (κ3) is 80.8. The van der Waals surface area contributed by atoms with Gasteiger partial charge < -0.3 is 19.0 Å². The first-order chi connectivity index (χ1) is 10.3. The predicted molar refractivity (Wildman–Crippen MR) is 83.3 cm³/mol. The zero-order chi connectivity index (χ0) is 18.3. The molecule has 0 N–H and O–H groups in total. The van der Waals surface area contributed by atoms with E-state index < -0.39 is 0 Å². The van der Waals surface area contributed by atoms with E-state index in [-0.39, 0.29) is 5.60 Å². The summed E-state index contributed by atoms with van der Waals surface area (Å²) in [6.07, 6.45) is 3.86. The molecule has 132 valence electrons. The van der Waals surface area contributed by atoms with Crippen LogP contribution in [0.2, 0.25) is 0 Å². The molecule has 0 spiro atoms. The molecule has 0 aromatic rings. The summed E-state index contributed by atoms with van der Waals surface area (Å²) in [6, 6.07) is 0. The number of rotatable bonds is 7. The predicted octanol–water partition coefficient (Wildman–Crippen LogP) is 2.30. The first kappa shape index (κ1) is 28.3. The second-order valence-electron chi connectivity index (χ2n) is 4.52. The van der Waals surface area contributed by atoms with Crippen LogP contribution in [0.3, 0.4) is 0 Å². The lowest BCUT2D eigenvalue weighted by atomic mass is 10.2. The van der Waals surface area contributed by atoms with E-state index in [1.807, 2.05) is 20.8 Å². The summed E-state index contributed by atoms with van der Waals surface area (Å²) < 4.78 is 12.6. The van der Waals surface area contributed by atoms with Gasteiger partial charge in [-0.2, -0.15) is 0 Å². The zero-order valence-corrected chi connectivity index (χ0v) is 14.5. The Labute approximate surface area is 133 Å². The van der Waals surface area contributed by atoms with E-state index in [1.165, 1.54) is 7.11 Å². The zero-order valence-electron chi connectivity index (χ0n) is 14.5. The van der Waals surface area contributed by atoms with Gasteiger partial charge in [0.1, 0.15) is 11.9 Å². The minimum atomic E-state index is -0.318. The van der Waals surface area contributed by atoms with Crippen molar-refractivity contribution in [2.24, 2.45) is 0 Å². The van der Waals surface area contributed by atoms with E-state index in [4.69, 9.17) is 4.79 Å². The van der Waals surface area contributed by atoms with E-state index in [2.05, 4.69) is 21.1 Å².